The van der Waals surface area contributed by atoms with Crippen molar-refractivity contribution < 1.29 is 18.0 Å². The minimum atomic E-state index is -1.42. The summed E-state index contributed by atoms with van der Waals surface area (Å²) < 4.78 is 38.3. The summed E-state index contributed by atoms with van der Waals surface area (Å²) in [4.78, 5) is 14.1. The van der Waals surface area contributed by atoms with Crippen LogP contribution in [0.2, 0.25) is 0 Å². The molecule has 16 heavy (non-hydrogen) atoms. The van der Waals surface area contributed by atoms with Crippen LogP contribution in [-0.4, -0.2) is 24.0 Å². The second kappa shape index (κ2) is 4.82. The Morgan fingerprint density at radius 3 is 2.56 bits per heavy atom. The van der Waals surface area contributed by atoms with Gasteiger partial charge in [0.05, 0.1) is 0 Å². The predicted octanol–water partition coefficient (Wildman–Crippen LogP) is 1.05. The Morgan fingerprint density at radius 1 is 1.38 bits per heavy atom. The Morgan fingerprint density at radius 2 is 2.00 bits per heavy atom. The molecule has 0 fully saturated rings. The van der Waals surface area contributed by atoms with Crippen LogP contribution in [0.1, 0.15) is 6.92 Å². The maximum atomic E-state index is 13.1. The van der Waals surface area contributed by atoms with Gasteiger partial charge < -0.3 is 10.6 Å². The van der Waals surface area contributed by atoms with E-state index in [9.17, 15) is 18.0 Å². The molecule has 1 unspecified atom stereocenters. The molecule has 0 saturated heterocycles. The van der Waals surface area contributed by atoms with Gasteiger partial charge in [-0.15, -0.1) is 0 Å². The van der Waals surface area contributed by atoms with Crippen molar-refractivity contribution >= 4 is 11.7 Å². The van der Waals surface area contributed by atoms with Crippen LogP contribution in [0.25, 0.3) is 0 Å². The first kappa shape index (κ1) is 12.3. The fourth-order valence-electron chi connectivity index (χ4n) is 1.03. The van der Waals surface area contributed by atoms with E-state index >= 15 is 0 Å². The molecule has 1 heterocycles. The highest BCUT2D eigenvalue weighted by atomic mass is 19.2. The van der Waals surface area contributed by atoms with Crippen molar-refractivity contribution in [2.75, 3.05) is 12.4 Å². The van der Waals surface area contributed by atoms with Crippen LogP contribution in [0.3, 0.4) is 0 Å². The summed E-state index contributed by atoms with van der Waals surface area (Å²) >= 11 is 0. The van der Waals surface area contributed by atoms with Gasteiger partial charge in [0.1, 0.15) is 6.04 Å². The maximum absolute atomic E-state index is 13.1. The summed E-state index contributed by atoms with van der Waals surface area (Å²) in [5, 5.41) is 4.64. The van der Waals surface area contributed by atoms with E-state index < -0.39 is 35.3 Å². The first-order valence-electron chi connectivity index (χ1n) is 4.45. The van der Waals surface area contributed by atoms with Crippen LogP contribution in [-0.2, 0) is 4.79 Å². The Balaban J connectivity index is 2.89. The van der Waals surface area contributed by atoms with Crippen LogP contribution in [0, 0.1) is 17.6 Å². The van der Waals surface area contributed by atoms with Crippen molar-refractivity contribution in [1.82, 2.24) is 10.3 Å². The number of carbonyl (C=O) groups excluding carboxylic acids is 1. The fraction of sp³-hybridized carbons (Fsp3) is 0.333. The van der Waals surface area contributed by atoms with Gasteiger partial charge in [-0.25, -0.2) is 8.78 Å². The van der Waals surface area contributed by atoms with E-state index in [-0.39, 0.29) is 0 Å². The third-order valence-electron chi connectivity index (χ3n) is 1.88. The largest absolute Gasteiger partial charge is 0.357 e. The fourth-order valence-corrected chi connectivity index (χ4v) is 1.03. The van der Waals surface area contributed by atoms with E-state index in [1.807, 2.05) is 0 Å². The molecule has 1 rings (SSSR count). The number of hydrogen-bond donors (Lipinski definition) is 2. The molecule has 0 saturated carbocycles. The third kappa shape index (κ3) is 2.62. The number of pyridine rings is 1. The lowest BCUT2D eigenvalue weighted by Crippen LogP contribution is -2.35. The van der Waals surface area contributed by atoms with Crippen molar-refractivity contribution in [1.29, 1.82) is 0 Å². The standard InChI is InChI=1S/C9H10F3N3O/c1-4(9(16)13-2)14-8-6(11)3-5(10)7(12)15-8/h3-4H,1-2H3,(H,13,16)(H,14,15). The van der Waals surface area contributed by atoms with Gasteiger partial charge in [0.15, 0.2) is 17.5 Å². The van der Waals surface area contributed by atoms with Crippen LogP contribution in [0.5, 0.6) is 0 Å². The molecule has 0 spiro atoms. The van der Waals surface area contributed by atoms with E-state index in [1.165, 1.54) is 14.0 Å². The molecule has 0 aliphatic rings. The average molecular weight is 233 g/mol. The third-order valence-corrected chi connectivity index (χ3v) is 1.88. The zero-order chi connectivity index (χ0) is 12.3. The van der Waals surface area contributed by atoms with Crippen molar-refractivity contribution in [3.63, 3.8) is 0 Å². The van der Waals surface area contributed by atoms with Crippen LogP contribution < -0.4 is 10.6 Å². The molecule has 1 aromatic rings. The molecule has 0 aliphatic carbocycles. The normalized spacial score (nSPS) is 12.1. The number of hydrogen-bond acceptors (Lipinski definition) is 3. The van der Waals surface area contributed by atoms with Crippen molar-refractivity contribution in [3.05, 3.63) is 23.6 Å². The summed E-state index contributed by atoms with van der Waals surface area (Å²) in [6.07, 6.45) is 0. The Labute approximate surface area is 89.9 Å². The summed E-state index contributed by atoms with van der Waals surface area (Å²) in [6, 6.07) is -0.446. The molecule has 1 aromatic heterocycles. The van der Waals surface area contributed by atoms with Crippen LogP contribution in [0.4, 0.5) is 19.0 Å². The molecule has 4 nitrogen and oxygen atoms in total. The molecule has 0 radical (unpaired) electrons. The number of nitrogens with one attached hydrogen (secondary N) is 2. The van der Waals surface area contributed by atoms with Crippen molar-refractivity contribution in [2.24, 2.45) is 0 Å². The Kier molecular flexibility index (Phi) is 3.70. The highest BCUT2D eigenvalue weighted by Crippen LogP contribution is 2.14. The molecular weight excluding hydrogens is 223 g/mol. The van der Waals surface area contributed by atoms with Gasteiger partial charge >= 0.3 is 0 Å². The van der Waals surface area contributed by atoms with Crippen molar-refractivity contribution in [2.45, 2.75) is 13.0 Å². The van der Waals surface area contributed by atoms with Gasteiger partial charge in [-0.3, -0.25) is 4.79 Å². The number of aromatic nitrogens is 1. The highest BCUT2D eigenvalue weighted by Gasteiger charge is 2.16. The molecule has 2 N–H and O–H groups in total. The molecular formula is C9H10F3N3O. The van der Waals surface area contributed by atoms with E-state index in [0.29, 0.717) is 6.07 Å². The summed E-state index contributed by atoms with van der Waals surface area (Å²) in [7, 11) is 1.40. The zero-order valence-corrected chi connectivity index (χ0v) is 8.64. The topological polar surface area (TPSA) is 54.0 Å². The lowest BCUT2D eigenvalue weighted by atomic mass is 10.3. The van der Waals surface area contributed by atoms with Gasteiger partial charge in [0, 0.05) is 13.1 Å². The van der Waals surface area contributed by atoms with Crippen LogP contribution >= 0.6 is 0 Å². The monoisotopic (exact) mass is 233 g/mol. The minimum Gasteiger partial charge on any atom is -0.357 e. The molecule has 1 atom stereocenters. The second-order valence-corrected chi connectivity index (χ2v) is 3.07. The molecule has 88 valence electrons. The van der Waals surface area contributed by atoms with E-state index in [0.717, 1.165) is 0 Å². The number of likely N-dealkylation sites (N-methyl/N-ethyl adjacent to an activating group) is 1. The number of carbonyl (C=O) groups is 1. The SMILES string of the molecule is CNC(=O)C(C)Nc1nc(F)c(F)cc1F. The quantitative estimate of drug-likeness (QED) is 0.767. The number of nitrogens with zero attached hydrogens (tertiary/aromatic N) is 1. The van der Waals surface area contributed by atoms with E-state index in [1.54, 1.807) is 0 Å². The average Bonchev–Trinajstić information content (AvgIpc) is 2.24. The molecule has 0 aliphatic heterocycles. The number of amides is 1. The predicted molar refractivity (Wildman–Crippen MR) is 51.3 cm³/mol. The maximum Gasteiger partial charge on any atom is 0.251 e. The molecule has 0 bridgehead atoms. The number of rotatable bonds is 3. The Bertz CT molecular complexity index is 411. The van der Waals surface area contributed by atoms with Gasteiger partial charge in [-0.1, -0.05) is 0 Å². The lowest BCUT2D eigenvalue weighted by molar-refractivity contribution is -0.121. The van der Waals surface area contributed by atoms with E-state index in [2.05, 4.69) is 15.6 Å². The summed E-state index contributed by atoms with van der Waals surface area (Å²) in [6.45, 7) is 1.43. The van der Waals surface area contributed by atoms with Gasteiger partial charge in [0.25, 0.3) is 5.95 Å². The number of halogens is 3. The van der Waals surface area contributed by atoms with Gasteiger partial charge in [-0.05, 0) is 6.92 Å². The number of anilines is 1. The van der Waals surface area contributed by atoms with Crippen molar-refractivity contribution in [3.8, 4) is 0 Å². The van der Waals surface area contributed by atoms with Gasteiger partial charge in [-0.2, -0.15) is 9.37 Å². The minimum absolute atomic E-state index is 0.362. The summed E-state index contributed by atoms with van der Waals surface area (Å²) in [5.41, 5.74) is 0. The molecule has 1 amide bonds. The first-order chi connectivity index (χ1) is 7.45. The van der Waals surface area contributed by atoms with E-state index in [4.69, 9.17) is 0 Å². The smallest absolute Gasteiger partial charge is 0.251 e. The van der Waals surface area contributed by atoms with Gasteiger partial charge in [0.2, 0.25) is 5.91 Å². The highest BCUT2D eigenvalue weighted by molar-refractivity contribution is 5.83. The lowest BCUT2D eigenvalue weighted by Gasteiger charge is -2.13. The summed E-state index contributed by atoms with van der Waals surface area (Å²) in [5.74, 6) is -4.79. The second-order valence-electron chi connectivity index (χ2n) is 3.07. The molecule has 0 aromatic carbocycles. The zero-order valence-electron chi connectivity index (χ0n) is 8.64. The first-order valence-corrected chi connectivity index (χ1v) is 4.45. The molecule has 7 heteroatoms. The Hall–Kier alpha value is -1.79. The van der Waals surface area contributed by atoms with Crippen LogP contribution in [0.15, 0.2) is 6.07 Å².